The molecule has 0 fully saturated rings. The molecule has 0 aliphatic carbocycles. The molecule has 3 rings (SSSR count). The Balaban J connectivity index is 1.82. The molecule has 140 valence electrons. The number of carbonyl (C=O) groups excluding carboxylic acids is 1. The molecular formula is C21H22ClN3O2. The topological polar surface area (TPSA) is 55.3 Å². The number of nitrogens with one attached hydrogen (secondary N) is 2. The van der Waals surface area contributed by atoms with Gasteiger partial charge in [0.1, 0.15) is 5.75 Å². The summed E-state index contributed by atoms with van der Waals surface area (Å²) in [5, 5.41) is 7.25. The van der Waals surface area contributed by atoms with Gasteiger partial charge in [-0.2, -0.15) is 0 Å². The van der Waals surface area contributed by atoms with E-state index < -0.39 is 0 Å². The van der Waals surface area contributed by atoms with E-state index in [9.17, 15) is 4.79 Å². The zero-order chi connectivity index (χ0) is 19.4. The Hall–Kier alpha value is -2.92. The number of aryl methyl sites for hydroxylation is 2. The average Bonchev–Trinajstić information content (AvgIpc) is 3.07. The second-order valence-electron chi connectivity index (χ2n) is 6.21. The predicted molar refractivity (Wildman–Crippen MR) is 112 cm³/mol. The molecule has 0 saturated heterocycles. The summed E-state index contributed by atoms with van der Waals surface area (Å²) < 4.78 is 7.47. The Morgan fingerprint density at radius 3 is 2.78 bits per heavy atom. The van der Waals surface area contributed by atoms with Crippen LogP contribution in [0.1, 0.15) is 12.0 Å². The summed E-state index contributed by atoms with van der Waals surface area (Å²) in [4.78, 5) is 12.5. The molecule has 1 aromatic heterocycles. The first kappa shape index (κ1) is 18.9. The van der Waals surface area contributed by atoms with E-state index in [1.165, 1.54) is 0 Å². The molecule has 0 spiro atoms. The van der Waals surface area contributed by atoms with Gasteiger partial charge in [0, 0.05) is 23.2 Å². The highest BCUT2D eigenvalue weighted by Gasteiger charge is 2.12. The van der Waals surface area contributed by atoms with Crippen LogP contribution in [0, 0.1) is 6.92 Å². The van der Waals surface area contributed by atoms with Crippen molar-refractivity contribution >= 4 is 39.9 Å². The molecule has 6 heteroatoms. The quantitative estimate of drug-likeness (QED) is 0.526. The van der Waals surface area contributed by atoms with Crippen LogP contribution in [0.15, 0.2) is 55.3 Å². The van der Waals surface area contributed by atoms with E-state index in [2.05, 4.69) is 21.8 Å². The number of urea groups is 1. The molecule has 0 bridgehead atoms. The molecule has 0 saturated carbocycles. The van der Waals surface area contributed by atoms with Gasteiger partial charge in [-0.1, -0.05) is 23.7 Å². The van der Waals surface area contributed by atoms with Gasteiger partial charge in [0.2, 0.25) is 0 Å². The van der Waals surface area contributed by atoms with Gasteiger partial charge in [0.25, 0.3) is 0 Å². The number of ether oxygens (including phenoxy) is 1. The van der Waals surface area contributed by atoms with Gasteiger partial charge < -0.3 is 19.9 Å². The third-order valence-corrected chi connectivity index (χ3v) is 4.77. The molecule has 0 radical (unpaired) electrons. The van der Waals surface area contributed by atoms with Crippen molar-refractivity contribution < 1.29 is 9.53 Å². The highest BCUT2D eigenvalue weighted by atomic mass is 35.5. The zero-order valence-electron chi connectivity index (χ0n) is 15.4. The summed E-state index contributed by atoms with van der Waals surface area (Å²) in [6, 6.07) is 10.9. The Morgan fingerprint density at radius 1 is 1.26 bits per heavy atom. The van der Waals surface area contributed by atoms with Crippen LogP contribution in [-0.4, -0.2) is 17.7 Å². The predicted octanol–water partition coefficient (Wildman–Crippen LogP) is 5.83. The van der Waals surface area contributed by atoms with Crippen LogP contribution in [0.3, 0.4) is 0 Å². The number of halogens is 1. The van der Waals surface area contributed by atoms with Crippen molar-refractivity contribution in [1.29, 1.82) is 0 Å². The van der Waals surface area contributed by atoms with Crippen molar-refractivity contribution in [2.24, 2.45) is 0 Å². The van der Waals surface area contributed by atoms with Crippen molar-refractivity contribution in [2.75, 3.05) is 17.7 Å². The molecular weight excluding hydrogens is 362 g/mol. The first-order chi connectivity index (χ1) is 13.0. The fourth-order valence-electron chi connectivity index (χ4n) is 2.96. The highest BCUT2D eigenvalue weighted by Crippen LogP contribution is 2.31. The third kappa shape index (κ3) is 4.09. The summed E-state index contributed by atoms with van der Waals surface area (Å²) in [6.07, 6.45) is 4.79. The Bertz CT molecular complexity index is 995. The molecule has 2 N–H and O–H groups in total. The van der Waals surface area contributed by atoms with E-state index in [0.717, 1.165) is 35.1 Å². The molecule has 0 unspecified atom stereocenters. The zero-order valence-corrected chi connectivity index (χ0v) is 16.1. The molecule has 27 heavy (non-hydrogen) atoms. The monoisotopic (exact) mass is 383 g/mol. The smallest absolute Gasteiger partial charge is 0.323 e. The lowest BCUT2D eigenvalue weighted by atomic mass is 10.2. The molecule has 2 aromatic carbocycles. The van der Waals surface area contributed by atoms with E-state index in [1.54, 1.807) is 19.2 Å². The minimum atomic E-state index is -0.362. The number of allylic oxidation sites excluding steroid dienone is 1. The van der Waals surface area contributed by atoms with Crippen LogP contribution in [0.2, 0.25) is 5.02 Å². The van der Waals surface area contributed by atoms with Gasteiger partial charge in [0.15, 0.2) is 0 Å². The summed E-state index contributed by atoms with van der Waals surface area (Å²) in [5.41, 5.74) is 3.19. The lowest BCUT2D eigenvalue weighted by Crippen LogP contribution is -2.20. The van der Waals surface area contributed by atoms with Crippen LogP contribution in [0.5, 0.6) is 5.75 Å². The van der Waals surface area contributed by atoms with E-state index in [0.29, 0.717) is 16.5 Å². The summed E-state index contributed by atoms with van der Waals surface area (Å²) in [7, 11) is 1.55. The van der Waals surface area contributed by atoms with Gasteiger partial charge in [-0.3, -0.25) is 0 Å². The average molecular weight is 384 g/mol. The molecule has 3 aromatic rings. The largest absolute Gasteiger partial charge is 0.495 e. The van der Waals surface area contributed by atoms with Gasteiger partial charge >= 0.3 is 6.03 Å². The van der Waals surface area contributed by atoms with Crippen LogP contribution in [-0.2, 0) is 6.54 Å². The number of benzene rings is 2. The third-order valence-electron chi connectivity index (χ3n) is 4.36. The van der Waals surface area contributed by atoms with Crippen LogP contribution in [0.25, 0.3) is 10.9 Å². The lowest BCUT2D eigenvalue weighted by Gasteiger charge is -2.13. The maximum Gasteiger partial charge on any atom is 0.323 e. The molecule has 5 nitrogen and oxygen atoms in total. The Kier molecular flexibility index (Phi) is 5.72. The SMILES string of the molecule is C=CCCn1ccc2c(NC(=O)Nc3cc(Cl)c(C)cc3OC)cccc21. The number of fused-ring (bicyclic) bond motifs is 1. The van der Waals surface area contributed by atoms with E-state index in [1.807, 2.05) is 43.5 Å². The maximum atomic E-state index is 12.5. The van der Waals surface area contributed by atoms with E-state index in [4.69, 9.17) is 16.3 Å². The summed E-state index contributed by atoms with van der Waals surface area (Å²) in [5.74, 6) is 0.556. The number of nitrogens with zero attached hydrogens (tertiary/aromatic N) is 1. The maximum absolute atomic E-state index is 12.5. The number of aromatic nitrogens is 1. The first-order valence-corrected chi connectivity index (χ1v) is 9.02. The number of rotatable bonds is 6. The number of methoxy groups -OCH3 is 1. The molecule has 1 heterocycles. The second kappa shape index (κ2) is 8.18. The van der Waals surface area contributed by atoms with Gasteiger partial charge in [-0.15, -0.1) is 6.58 Å². The summed E-state index contributed by atoms with van der Waals surface area (Å²) in [6.45, 7) is 6.49. The number of amides is 2. The minimum Gasteiger partial charge on any atom is -0.495 e. The minimum absolute atomic E-state index is 0.362. The molecule has 2 amide bonds. The van der Waals surface area contributed by atoms with Crippen LogP contribution >= 0.6 is 11.6 Å². The van der Waals surface area contributed by atoms with Gasteiger partial charge in [-0.05, 0) is 49.2 Å². The standard InChI is InChI=1S/C21H22ClN3O2/c1-4-5-10-25-11-9-15-17(7-6-8-19(15)25)23-21(26)24-18-13-16(22)14(2)12-20(18)27-3/h4,6-9,11-13H,1,5,10H2,2-3H3,(H2,23,24,26). The van der Waals surface area contributed by atoms with E-state index >= 15 is 0 Å². The van der Waals surface area contributed by atoms with Crippen molar-refractivity contribution in [2.45, 2.75) is 19.9 Å². The van der Waals surface area contributed by atoms with Crippen molar-refractivity contribution in [3.8, 4) is 5.75 Å². The van der Waals surface area contributed by atoms with Crippen molar-refractivity contribution in [3.63, 3.8) is 0 Å². The van der Waals surface area contributed by atoms with Crippen LogP contribution in [0.4, 0.5) is 16.2 Å². The summed E-state index contributed by atoms with van der Waals surface area (Å²) >= 11 is 6.17. The fourth-order valence-corrected chi connectivity index (χ4v) is 3.12. The van der Waals surface area contributed by atoms with Crippen molar-refractivity contribution in [1.82, 2.24) is 4.57 Å². The molecule has 0 aliphatic heterocycles. The molecule has 0 aliphatic rings. The Labute approximate surface area is 163 Å². The fraction of sp³-hybridized carbons (Fsp3) is 0.190. The van der Waals surface area contributed by atoms with Crippen LogP contribution < -0.4 is 15.4 Å². The highest BCUT2D eigenvalue weighted by molar-refractivity contribution is 6.31. The Morgan fingerprint density at radius 2 is 2.04 bits per heavy atom. The number of carbonyl (C=O) groups is 1. The van der Waals surface area contributed by atoms with Crippen molar-refractivity contribution in [3.05, 3.63) is 65.8 Å². The number of hydrogen-bond acceptors (Lipinski definition) is 2. The van der Waals surface area contributed by atoms with Gasteiger partial charge in [0.05, 0.1) is 24.0 Å². The number of hydrogen-bond donors (Lipinski definition) is 2. The van der Waals surface area contributed by atoms with E-state index in [-0.39, 0.29) is 6.03 Å². The second-order valence-corrected chi connectivity index (χ2v) is 6.61. The normalized spacial score (nSPS) is 10.6. The van der Waals surface area contributed by atoms with Gasteiger partial charge in [-0.25, -0.2) is 4.79 Å². The first-order valence-electron chi connectivity index (χ1n) is 8.64. The lowest BCUT2D eigenvalue weighted by molar-refractivity contribution is 0.262. The number of anilines is 2. The molecule has 0 atom stereocenters.